The zero-order chi connectivity index (χ0) is 6.97. The lowest BCUT2D eigenvalue weighted by Gasteiger charge is -1.90. The molecular formula is C8H7N2. The number of nitrogens with zero attached hydrogens (tertiary/aromatic N) is 1. The summed E-state index contributed by atoms with van der Waals surface area (Å²) < 4.78 is 0. The van der Waals surface area contributed by atoms with E-state index < -0.39 is 0 Å². The van der Waals surface area contributed by atoms with Gasteiger partial charge in [0.05, 0.1) is 5.52 Å². The summed E-state index contributed by atoms with van der Waals surface area (Å²) in [5, 5.41) is 7.75. The van der Waals surface area contributed by atoms with E-state index in [-0.39, 0.29) is 0 Å². The van der Waals surface area contributed by atoms with Gasteiger partial charge in [-0.15, -0.1) is 0 Å². The van der Waals surface area contributed by atoms with E-state index in [0.29, 0.717) is 0 Å². The number of hydrogen-bond acceptors (Lipinski definition) is 1. The zero-order valence-electron chi connectivity index (χ0n) is 5.68. The maximum atomic E-state index is 3.81. The van der Waals surface area contributed by atoms with Crippen molar-refractivity contribution in [2.45, 2.75) is 6.92 Å². The highest BCUT2D eigenvalue weighted by atomic mass is 15.1. The molecule has 1 aromatic heterocycles. The smallest absolute Gasteiger partial charge is 0.121 e. The van der Waals surface area contributed by atoms with Crippen LogP contribution in [0.2, 0.25) is 0 Å². The Labute approximate surface area is 58.9 Å². The van der Waals surface area contributed by atoms with E-state index in [9.17, 15) is 0 Å². The molecule has 0 saturated carbocycles. The lowest BCUT2D eigenvalue weighted by atomic mass is 10.2. The second-order valence-corrected chi connectivity index (χ2v) is 2.33. The summed E-state index contributed by atoms with van der Waals surface area (Å²) in [4.78, 5) is 0. The number of fused-ring (bicyclic) bond motifs is 1. The lowest BCUT2D eigenvalue weighted by Crippen LogP contribution is -1.71. The van der Waals surface area contributed by atoms with Crippen molar-refractivity contribution in [3.8, 4) is 0 Å². The van der Waals surface area contributed by atoms with Gasteiger partial charge in [0.15, 0.2) is 0 Å². The Bertz CT molecular complexity index is 349. The first-order valence-electron chi connectivity index (χ1n) is 3.19. The van der Waals surface area contributed by atoms with Crippen LogP contribution in [-0.4, -0.2) is 10.2 Å². The Hall–Kier alpha value is -1.31. The molecule has 0 bridgehead atoms. The highest BCUT2D eigenvalue weighted by Crippen LogP contribution is 2.13. The summed E-state index contributed by atoms with van der Waals surface area (Å²) >= 11 is 0. The van der Waals surface area contributed by atoms with E-state index in [4.69, 9.17) is 0 Å². The summed E-state index contributed by atoms with van der Waals surface area (Å²) in [6.45, 7) is 2.05. The molecule has 0 amide bonds. The molecule has 1 aromatic carbocycles. The summed E-state index contributed by atoms with van der Waals surface area (Å²) in [7, 11) is 0. The van der Waals surface area contributed by atoms with Crippen molar-refractivity contribution >= 4 is 10.9 Å². The number of H-pyrrole nitrogens is 1. The molecule has 0 aliphatic carbocycles. The van der Waals surface area contributed by atoms with Gasteiger partial charge in [0, 0.05) is 5.39 Å². The quantitative estimate of drug-likeness (QED) is 0.578. The minimum atomic E-state index is 1.06. The van der Waals surface area contributed by atoms with E-state index in [1.54, 1.807) is 0 Å². The van der Waals surface area contributed by atoms with Crippen LogP contribution in [0.1, 0.15) is 5.56 Å². The van der Waals surface area contributed by atoms with Gasteiger partial charge >= 0.3 is 0 Å². The molecule has 0 saturated heterocycles. The summed E-state index contributed by atoms with van der Waals surface area (Å²) in [5.74, 6) is 0. The Kier molecular flexibility index (Phi) is 1.01. The number of aromatic nitrogens is 2. The van der Waals surface area contributed by atoms with Crippen molar-refractivity contribution in [1.82, 2.24) is 10.2 Å². The van der Waals surface area contributed by atoms with E-state index in [0.717, 1.165) is 10.9 Å². The Morgan fingerprint density at radius 3 is 3.20 bits per heavy atom. The molecule has 0 fully saturated rings. The Balaban J connectivity index is 2.95. The van der Waals surface area contributed by atoms with Crippen LogP contribution < -0.4 is 0 Å². The fraction of sp³-hybridized carbons (Fsp3) is 0.125. The van der Waals surface area contributed by atoms with Gasteiger partial charge in [-0.1, -0.05) is 12.1 Å². The van der Waals surface area contributed by atoms with Crippen LogP contribution in [0.4, 0.5) is 0 Å². The predicted molar refractivity (Wildman–Crippen MR) is 39.7 cm³/mol. The minimum absolute atomic E-state index is 1.06. The van der Waals surface area contributed by atoms with Crippen molar-refractivity contribution < 1.29 is 0 Å². The highest BCUT2D eigenvalue weighted by molar-refractivity contribution is 5.80. The standard InChI is InChI=1S/C8H7N2/c1-6-3-2-4-8-7(6)5-9-10-8/h2-4H,1H3,(H,9,10). The number of rotatable bonds is 0. The molecule has 1 N–H and O–H groups in total. The lowest BCUT2D eigenvalue weighted by molar-refractivity contribution is 1.11. The van der Waals surface area contributed by atoms with Crippen molar-refractivity contribution in [3.63, 3.8) is 0 Å². The number of benzene rings is 1. The molecular weight excluding hydrogens is 124 g/mol. The Morgan fingerprint density at radius 1 is 1.50 bits per heavy atom. The van der Waals surface area contributed by atoms with Crippen LogP contribution in [0.15, 0.2) is 18.2 Å². The van der Waals surface area contributed by atoms with Crippen LogP contribution in [0, 0.1) is 13.1 Å². The fourth-order valence-electron chi connectivity index (χ4n) is 1.05. The van der Waals surface area contributed by atoms with Crippen molar-refractivity contribution in [2.75, 3.05) is 0 Å². The average Bonchev–Trinajstić information content (AvgIpc) is 2.36. The third kappa shape index (κ3) is 0.620. The second kappa shape index (κ2) is 1.84. The predicted octanol–water partition coefficient (Wildman–Crippen LogP) is 1.67. The molecule has 2 aromatic rings. The van der Waals surface area contributed by atoms with Gasteiger partial charge in [0.1, 0.15) is 6.20 Å². The van der Waals surface area contributed by atoms with Gasteiger partial charge in [-0.25, -0.2) is 0 Å². The first-order valence-corrected chi connectivity index (χ1v) is 3.19. The molecule has 0 aliphatic rings. The van der Waals surface area contributed by atoms with Crippen LogP contribution in [0.25, 0.3) is 10.9 Å². The van der Waals surface area contributed by atoms with E-state index >= 15 is 0 Å². The topological polar surface area (TPSA) is 28.7 Å². The maximum absolute atomic E-state index is 3.81. The van der Waals surface area contributed by atoms with Crippen LogP contribution in [-0.2, 0) is 0 Å². The molecule has 49 valence electrons. The van der Waals surface area contributed by atoms with Gasteiger partial charge in [-0.3, -0.25) is 5.10 Å². The van der Waals surface area contributed by atoms with E-state index in [1.165, 1.54) is 5.56 Å². The molecule has 2 heteroatoms. The molecule has 0 spiro atoms. The van der Waals surface area contributed by atoms with Crippen LogP contribution in [0.5, 0.6) is 0 Å². The van der Waals surface area contributed by atoms with Crippen molar-refractivity contribution in [2.24, 2.45) is 0 Å². The highest BCUT2D eigenvalue weighted by Gasteiger charge is 1.95. The normalized spacial score (nSPS) is 10.5. The molecule has 0 aliphatic heterocycles. The van der Waals surface area contributed by atoms with Gasteiger partial charge in [0.2, 0.25) is 0 Å². The van der Waals surface area contributed by atoms with Gasteiger partial charge < -0.3 is 0 Å². The average molecular weight is 131 g/mol. The molecule has 1 radical (unpaired) electrons. The van der Waals surface area contributed by atoms with Gasteiger partial charge in [0.25, 0.3) is 0 Å². The van der Waals surface area contributed by atoms with Crippen molar-refractivity contribution in [1.29, 1.82) is 0 Å². The Morgan fingerprint density at radius 2 is 2.40 bits per heavy atom. The summed E-state index contributed by atoms with van der Waals surface area (Å²) in [6, 6.07) is 6.05. The molecule has 10 heavy (non-hydrogen) atoms. The van der Waals surface area contributed by atoms with Gasteiger partial charge in [-0.2, -0.15) is 5.10 Å². The van der Waals surface area contributed by atoms with E-state index in [2.05, 4.69) is 16.4 Å². The molecule has 2 nitrogen and oxygen atoms in total. The van der Waals surface area contributed by atoms with Crippen LogP contribution >= 0.6 is 0 Å². The maximum Gasteiger partial charge on any atom is 0.121 e. The third-order valence-electron chi connectivity index (χ3n) is 1.62. The molecule has 0 atom stereocenters. The monoisotopic (exact) mass is 131 g/mol. The number of aryl methyl sites for hydroxylation is 1. The van der Waals surface area contributed by atoms with Gasteiger partial charge in [-0.05, 0) is 18.6 Å². The summed E-state index contributed by atoms with van der Waals surface area (Å²) in [6.07, 6.45) is 2.88. The molecule has 2 rings (SSSR count). The summed E-state index contributed by atoms with van der Waals surface area (Å²) in [5.41, 5.74) is 2.27. The molecule has 0 unspecified atom stereocenters. The van der Waals surface area contributed by atoms with E-state index in [1.807, 2.05) is 25.1 Å². The number of nitrogens with one attached hydrogen (secondary N) is 1. The zero-order valence-corrected chi connectivity index (χ0v) is 5.68. The minimum Gasteiger partial charge on any atom is -0.277 e. The first-order chi connectivity index (χ1) is 4.88. The first kappa shape index (κ1) is 5.47. The fourth-order valence-corrected chi connectivity index (χ4v) is 1.05. The number of hydrogen-bond donors (Lipinski definition) is 1. The SMILES string of the molecule is Cc1cccc2[nH]n[c]c12. The largest absolute Gasteiger partial charge is 0.277 e. The van der Waals surface area contributed by atoms with Crippen LogP contribution in [0.3, 0.4) is 0 Å². The number of aromatic amines is 1. The second-order valence-electron chi connectivity index (χ2n) is 2.33. The molecule has 1 heterocycles. The van der Waals surface area contributed by atoms with Crippen molar-refractivity contribution in [3.05, 3.63) is 30.0 Å². The third-order valence-corrected chi connectivity index (χ3v) is 1.62.